The Hall–Kier alpha value is -1.31. The summed E-state index contributed by atoms with van der Waals surface area (Å²) >= 11 is 0. The molecule has 2 heteroatoms. The molecule has 2 nitrogen and oxygen atoms in total. The maximum Gasteiger partial charge on any atom is 0.306 e. The van der Waals surface area contributed by atoms with Crippen LogP contribution in [0.3, 0.4) is 0 Å². The van der Waals surface area contributed by atoms with Crippen LogP contribution in [-0.4, -0.2) is 5.97 Å². The highest BCUT2D eigenvalue weighted by Crippen LogP contribution is 2.10. The van der Waals surface area contributed by atoms with Gasteiger partial charge in [0.05, 0.1) is 0 Å². The van der Waals surface area contributed by atoms with E-state index in [0.29, 0.717) is 13.0 Å². The van der Waals surface area contributed by atoms with E-state index in [1.165, 1.54) is 37.7 Å². The van der Waals surface area contributed by atoms with Crippen LogP contribution in [0.25, 0.3) is 0 Å². The molecule has 0 aromatic heterocycles. The fourth-order valence-electron chi connectivity index (χ4n) is 2.29. The van der Waals surface area contributed by atoms with E-state index in [4.69, 9.17) is 4.74 Å². The van der Waals surface area contributed by atoms with Gasteiger partial charge in [0.15, 0.2) is 0 Å². The van der Waals surface area contributed by atoms with Crippen molar-refractivity contribution in [1.82, 2.24) is 0 Å². The maximum atomic E-state index is 11.6. The van der Waals surface area contributed by atoms with Gasteiger partial charge in [-0.2, -0.15) is 0 Å². The van der Waals surface area contributed by atoms with Crippen molar-refractivity contribution in [2.24, 2.45) is 0 Å². The van der Waals surface area contributed by atoms with Crippen molar-refractivity contribution >= 4 is 5.97 Å². The molecule has 0 N–H and O–H groups in total. The Kier molecular flexibility index (Phi) is 9.60. The fraction of sp³-hybridized carbons (Fsp3) is 0.632. The number of carbonyl (C=O) groups excluding carboxylic acids is 1. The summed E-state index contributed by atoms with van der Waals surface area (Å²) in [5.74, 6) is -0.0680. The van der Waals surface area contributed by atoms with Crippen molar-refractivity contribution in [2.75, 3.05) is 0 Å². The van der Waals surface area contributed by atoms with E-state index in [2.05, 4.69) is 38.1 Å². The Labute approximate surface area is 129 Å². The molecule has 1 rings (SSSR count). The van der Waals surface area contributed by atoms with Crippen LogP contribution in [0.4, 0.5) is 0 Å². The molecule has 0 aliphatic rings. The largest absolute Gasteiger partial charge is 0.461 e. The summed E-state index contributed by atoms with van der Waals surface area (Å²) in [7, 11) is 0. The molecule has 0 aliphatic carbocycles. The van der Waals surface area contributed by atoms with Crippen molar-refractivity contribution in [2.45, 2.75) is 78.2 Å². The number of hydrogen-bond acceptors (Lipinski definition) is 2. The highest BCUT2D eigenvalue weighted by molar-refractivity contribution is 5.69. The summed E-state index contributed by atoms with van der Waals surface area (Å²) in [6, 6.07) is 8.42. The van der Waals surface area contributed by atoms with Crippen LogP contribution in [0.1, 0.15) is 76.3 Å². The Bertz CT molecular complexity index is 381. The number of aryl methyl sites for hydroxylation is 1. The lowest BCUT2D eigenvalue weighted by Crippen LogP contribution is -2.04. The van der Waals surface area contributed by atoms with Gasteiger partial charge in [0.25, 0.3) is 0 Å². The van der Waals surface area contributed by atoms with Crippen LogP contribution in [0.15, 0.2) is 24.3 Å². The van der Waals surface area contributed by atoms with Gasteiger partial charge in [-0.25, -0.2) is 0 Å². The van der Waals surface area contributed by atoms with Gasteiger partial charge in [-0.3, -0.25) is 4.79 Å². The maximum absolute atomic E-state index is 11.6. The first kappa shape index (κ1) is 17.7. The van der Waals surface area contributed by atoms with Gasteiger partial charge in [0.2, 0.25) is 0 Å². The third kappa shape index (κ3) is 8.54. The van der Waals surface area contributed by atoms with E-state index < -0.39 is 0 Å². The van der Waals surface area contributed by atoms with E-state index in [0.717, 1.165) is 24.8 Å². The van der Waals surface area contributed by atoms with E-state index in [-0.39, 0.29) is 5.97 Å². The van der Waals surface area contributed by atoms with Crippen molar-refractivity contribution in [3.05, 3.63) is 35.4 Å². The van der Waals surface area contributed by atoms with Crippen LogP contribution in [0, 0.1) is 0 Å². The molecule has 1 aromatic carbocycles. The number of rotatable bonds is 11. The molecule has 21 heavy (non-hydrogen) atoms. The predicted molar refractivity (Wildman–Crippen MR) is 88.2 cm³/mol. The number of esters is 1. The Morgan fingerprint density at radius 3 is 2.14 bits per heavy atom. The molecule has 0 atom stereocenters. The first-order valence-corrected chi connectivity index (χ1v) is 8.49. The van der Waals surface area contributed by atoms with Gasteiger partial charge < -0.3 is 4.74 Å². The van der Waals surface area contributed by atoms with Gasteiger partial charge in [-0.15, -0.1) is 0 Å². The monoisotopic (exact) mass is 290 g/mol. The van der Waals surface area contributed by atoms with Gasteiger partial charge >= 0.3 is 5.97 Å². The number of benzene rings is 1. The second kappa shape index (κ2) is 11.4. The molecule has 0 unspecified atom stereocenters. The second-order valence-corrected chi connectivity index (χ2v) is 5.74. The molecule has 0 spiro atoms. The third-order valence-corrected chi connectivity index (χ3v) is 3.73. The lowest BCUT2D eigenvalue weighted by molar-refractivity contribution is -0.145. The van der Waals surface area contributed by atoms with Gasteiger partial charge in [-0.1, -0.05) is 70.2 Å². The highest BCUT2D eigenvalue weighted by Gasteiger charge is 2.03. The van der Waals surface area contributed by atoms with E-state index in [1.807, 2.05) is 0 Å². The lowest BCUT2D eigenvalue weighted by Gasteiger charge is -2.06. The highest BCUT2D eigenvalue weighted by atomic mass is 16.5. The molecular formula is C19H30O2. The standard InChI is InChI=1S/C19H30O2/c1-3-5-7-8-9-11-19(20)21-16-18-14-12-17(13-15-18)10-6-4-2/h12-15H,3-11,16H2,1-2H3. The van der Waals surface area contributed by atoms with Crippen LogP contribution < -0.4 is 0 Å². The Morgan fingerprint density at radius 2 is 1.48 bits per heavy atom. The summed E-state index contributed by atoms with van der Waals surface area (Å²) < 4.78 is 5.32. The average molecular weight is 290 g/mol. The molecule has 118 valence electrons. The minimum Gasteiger partial charge on any atom is -0.461 e. The minimum atomic E-state index is -0.0680. The van der Waals surface area contributed by atoms with Crippen molar-refractivity contribution < 1.29 is 9.53 Å². The summed E-state index contributed by atoms with van der Waals surface area (Å²) in [6.07, 6.45) is 9.95. The molecule has 0 fully saturated rings. The first-order valence-electron chi connectivity index (χ1n) is 8.49. The predicted octanol–water partition coefficient (Wildman–Crippen LogP) is 5.43. The number of ether oxygens (including phenoxy) is 1. The quantitative estimate of drug-likeness (QED) is 0.401. The zero-order valence-electron chi connectivity index (χ0n) is 13.7. The molecule has 0 heterocycles. The Morgan fingerprint density at radius 1 is 0.857 bits per heavy atom. The topological polar surface area (TPSA) is 26.3 Å². The average Bonchev–Trinajstić information content (AvgIpc) is 2.51. The molecule has 0 amide bonds. The lowest BCUT2D eigenvalue weighted by atomic mass is 10.1. The van der Waals surface area contributed by atoms with Crippen molar-refractivity contribution in [1.29, 1.82) is 0 Å². The fourth-order valence-corrected chi connectivity index (χ4v) is 2.29. The SMILES string of the molecule is CCCCCCCC(=O)OCc1ccc(CCCC)cc1. The summed E-state index contributed by atoms with van der Waals surface area (Å²) in [4.78, 5) is 11.6. The van der Waals surface area contributed by atoms with Crippen LogP contribution in [0.2, 0.25) is 0 Å². The van der Waals surface area contributed by atoms with E-state index in [9.17, 15) is 4.79 Å². The summed E-state index contributed by atoms with van der Waals surface area (Å²) in [5.41, 5.74) is 2.44. The van der Waals surface area contributed by atoms with Crippen molar-refractivity contribution in [3.63, 3.8) is 0 Å². The van der Waals surface area contributed by atoms with Gasteiger partial charge in [0.1, 0.15) is 6.61 Å². The summed E-state index contributed by atoms with van der Waals surface area (Å²) in [5, 5.41) is 0. The molecule has 0 bridgehead atoms. The first-order chi connectivity index (χ1) is 10.3. The third-order valence-electron chi connectivity index (χ3n) is 3.73. The molecular weight excluding hydrogens is 260 g/mol. The number of unbranched alkanes of at least 4 members (excludes halogenated alkanes) is 5. The Balaban J connectivity index is 2.17. The van der Waals surface area contributed by atoms with Gasteiger partial charge in [0, 0.05) is 6.42 Å². The normalized spacial score (nSPS) is 10.6. The molecule has 0 saturated carbocycles. The van der Waals surface area contributed by atoms with Crippen molar-refractivity contribution in [3.8, 4) is 0 Å². The van der Waals surface area contributed by atoms with Crippen LogP contribution >= 0.6 is 0 Å². The van der Waals surface area contributed by atoms with Gasteiger partial charge in [-0.05, 0) is 30.4 Å². The molecule has 1 aromatic rings. The molecule has 0 radical (unpaired) electrons. The second-order valence-electron chi connectivity index (χ2n) is 5.74. The number of hydrogen-bond donors (Lipinski definition) is 0. The van der Waals surface area contributed by atoms with Crippen LogP contribution in [0.5, 0.6) is 0 Å². The molecule has 0 aliphatic heterocycles. The van der Waals surface area contributed by atoms with E-state index >= 15 is 0 Å². The zero-order valence-corrected chi connectivity index (χ0v) is 13.7. The molecule has 0 saturated heterocycles. The smallest absolute Gasteiger partial charge is 0.306 e. The number of carbonyl (C=O) groups is 1. The summed E-state index contributed by atoms with van der Waals surface area (Å²) in [6.45, 7) is 4.81. The zero-order chi connectivity index (χ0) is 15.3. The van der Waals surface area contributed by atoms with Crippen LogP contribution in [-0.2, 0) is 22.6 Å². The minimum absolute atomic E-state index is 0.0680. The van der Waals surface area contributed by atoms with E-state index in [1.54, 1.807) is 0 Å².